The van der Waals surface area contributed by atoms with Gasteiger partial charge in [-0.05, 0) is 70.2 Å². The van der Waals surface area contributed by atoms with Crippen molar-refractivity contribution in [2.24, 2.45) is 11.8 Å². The fourth-order valence-corrected chi connectivity index (χ4v) is 5.60. The summed E-state index contributed by atoms with van der Waals surface area (Å²) in [5.74, 6) is -0.381. The zero-order chi connectivity index (χ0) is 21.0. The van der Waals surface area contributed by atoms with E-state index in [0.29, 0.717) is 17.9 Å². The standard InChI is InChI=1S/C23H34N2O4/c1-15-9-11-25(16(15)2)23-10-8-18(21(23)28-22(3,4)29-23)14-24(5)19-12-17(13-19)6-7-20(26)27/h9,11,17-19,21H,1-2,6-8,10,12-14H2,3-5H3,(H,26,27). The van der Waals surface area contributed by atoms with E-state index in [1.54, 1.807) is 0 Å². The summed E-state index contributed by atoms with van der Waals surface area (Å²) in [6.07, 6.45) is 7.25. The number of carboxylic acid groups (broad SMARTS) is 1. The largest absolute Gasteiger partial charge is 0.481 e. The summed E-state index contributed by atoms with van der Waals surface area (Å²) in [4.78, 5) is 13.2. The van der Waals surface area contributed by atoms with Gasteiger partial charge in [0, 0.05) is 36.5 Å². The Morgan fingerprint density at radius 1 is 1.38 bits per heavy atom. The number of rotatable bonds is 7. The Morgan fingerprint density at radius 2 is 2.10 bits per heavy atom. The van der Waals surface area contributed by atoms with Crippen LogP contribution in [-0.2, 0) is 20.0 Å². The fraction of sp³-hybridized carbons (Fsp3) is 0.696. The van der Waals surface area contributed by atoms with Gasteiger partial charge in [0.25, 0.3) is 0 Å². The Labute approximate surface area is 172 Å². The van der Waals surface area contributed by atoms with Crippen LogP contribution < -0.4 is 10.6 Å². The number of carboxylic acids is 1. The minimum absolute atomic E-state index is 0.0184. The van der Waals surface area contributed by atoms with Gasteiger partial charge >= 0.3 is 5.97 Å². The molecule has 0 spiro atoms. The Kier molecular flexibility index (Phi) is 5.16. The number of aliphatic carboxylic acids is 1. The molecule has 6 nitrogen and oxygen atoms in total. The maximum Gasteiger partial charge on any atom is 0.303 e. The molecule has 6 heteroatoms. The zero-order valence-electron chi connectivity index (χ0n) is 17.9. The number of hydrogen-bond donors (Lipinski definition) is 1. The maximum atomic E-state index is 10.8. The summed E-state index contributed by atoms with van der Waals surface area (Å²) in [6, 6.07) is 2.54. The predicted molar refractivity (Wildman–Crippen MR) is 111 cm³/mol. The van der Waals surface area contributed by atoms with Gasteiger partial charge in [-0.25, -0.2) is 0 Å². The van der Waals surface area contributed by atoms with E-state index in [4.69, 9.17) is 14.6 Å². The second-order valence-electron chi connectivity index (χ2n) is 9.70. The van der Waals surface area contributed by atoms with E-state index in [2.05, 4.69) is 29.7 Å². The van der Waals surface area contributed by atoms with Crippen molar-refractivity contribution in [3.63, 3.8) is 0 Å². The van der Waals surface area contributed by atoms with Crippen LogP contribution in [0.2, 0.25) is 0 Å². The van der Waals surface area contributed by atoms with Crippen LogP contribution in [0.3, 0.4) is 0 Å². The molecule has 0 aromatic carbocycles. The minimum atomic E-state index is -0.690. The van der Waals surface area contributed by atoms with E-state index in [9.17, 15) is 4.79 Å². The van der Waals surface area contributed by atoms with Crippen LogP contribution >= 0.6 is 0 Å². The van der Waals surface area contributed by atoms with E-state index in [0.717, 1.165) is 49.2 Å². The molecule has 2 heterocycles. The lowest BCUT2D eigenvalue weighted by molar-refractivity contribution is -0.188. The fourth-order valence-electron chi connectivity index (χ4n) is 5.60. The molecule has 160 valence electrons. The summed E-state index contributed by atoms with van der Waals surface area (Å²) in [6.45, 7) is 13.2. The first kappa shape index (κ1) is 20.6. The van der Waals surface area contributed by atoms with Gasteiger partial charge < -0.3 is 24.0 Å². The summed E-state index contributed by atoms with van der Waals surface area (Å²) in [5.41, 5.74) is -0.508. The molecule has 3 fully saturated rings. The highest BCUT2D eigenvalue weighted by atomic mass is 16.8. The van der Waals surface area contributed by atoms with Gasteiger partial charge in [-0.15, -0.1) is 0 Å². The quantitative estimate of drug-likeness (QED) is 0.757. The molecule has 1 N–H and O–H groups in total. The maximum absolute atomic E-state index is 10.8. The van der Waals surface area contributed by atoms with Crippen molar-refractivity contribution in [3.8, 4) is 0 Å². The summed E-state index contributed by atoms with van der Waals surface area (Å²) in [5, 5.41) is 10.7. The van der Waals surface area contributed by atoms with Crippen molar-refractivity contribution in [3.05, 3.63) is 22.8 Å². The number of aromatic nitrogens is 1. The van der Waals surface area contributed by atoms with Crippen molar-refractivity contribution >= 4 is 19.1 Å². The van der Waals surface area contributed by atoms with Crippen LogP contribution in [0.15, 0.2) is 12.3 Å². The Hall–Kier alpha value is -1.63. The predicted octanol–water partition coefficient (Wildman–Crippen LogP) is 2.10. The molecule has 4 rings (SSSR count). The van der Waals surface area contributed by atoms with E-state index < -0.39 is 17.5 Å². The third-order valence-electron chi connectivity index (χ3n) is 7.20. The van der Waals surface area contributed by atoms with Crippen LogP contribution in [0, 0.1) is 11.8 Å². The number of nitrogens with zero attached hydrogens (tertiary/aromatic N) is 2. The molecule has 3 atom stereocenters. The molecule has 1 saturated heterocycles. The first-order valence-corrected chi connectivity index (χ1v) is 10.8. The van der Waals surface area contributed by atoms with E-state index in [1.807, 2.05) is 26.1 Å². The van der Waals surface area contributed by atoms with Gasteiger partial charge in [-0.2, -0.15) is 0 Å². The monoisotopic (exact) mass is 402 g/mol. The van der Waals surface area contributed by atoms with Crippen LogP contribution in [0.1, 0.15) is 52.4 Å². The number of hydrogen-bond acceptors (Lipinski definition) is 4. The lowest BCUT2D eigenvalue weighted by atomic mass is 9.76. The van der Waals surface area contributed by atoms with Crippen LogP contribution in [-0.4, -0.2) is 52.1 Å². The van der Waals surface area contributed by atoms with Gasteiger partial charge in [-0.3, -0.25) is 4.79 Å². The molecule has 1 aromatic rings. The Bertz CT molecular complexity index is 872. The minimum Gasteiger partial charge on any atom is -0.481 e. The zero-order valence-corrected chi connectivity index (χ0v) is 17.9. The molecule has 2 saturated carbocycles. The normalized spacial score (nSPS) is 35.6. The Morgan fingerprint density at radius 3 is 2.72 bits per heavy atom. The van der Waals surface area contributed by atoms with Gasteiger partial charge in [-0.1, -0.05) is 13.2 Å². The number of ether oxygens (including phenoxy) is 2. The highest BCUT2D eigenvalue weighted by molar-refractivity contribution is 5.66. The smallest absolute Gasteiger partial charge is 0.303 e. The molecule has 3 unspecified atom stereocenters. The van der Waals surface area contributed by atoms with E-state index in [-0.39, 0.29) is 12.5 Å². The van der Waals surface area contributed by atoms with Gasteiger partial charge in [0.2, 0.25) is 0 Å². The first-order chi connectivity index (χ1) is 13.6. The molecule has 0 amide bonds. The SMILES string of the molecule is C=c1ccn(C23CCC(CN(C)C4CC(CCC(=O)O)C4)C2OC(C)(C)O3)c1=C. The molecular formula is C23H34N2O4. The van der Waals surface area contributed by atoms with Crippen molar-refractivity contribution in [1.29, 1.82) is 0 Å². The molecule has 0 bridgehead atoms. The lowest BCUT2D eigenvalue weighted by Gasteiger charge is -2.42. The topological polar surface area (TPSA) is 63.9 Å². The van der Waals surface area contributed by atoms with Gasteiger partial charge in [0.15, 0.2) is 11.5 Å². The van der Waals surface area contributed by atoms with Gasteiger partial charge in [0.05, 0.1) is 0 Å². The van der Waals surface area contributed by atoms with Crippen LogP contribution in [0.4, 0.5) is 0 Å². The first-order valence-electron chi connectivity index (χ1n) is 10.8. The lowest BCUT2D eigenvalue weighted by Crippen LogP contribution is -2.49. The third-order valence-corrected chi connectivity index (χ3v) is 7.20. The second-order valence-corrected chi connectivity index (χ2v) is 9.70. The molecular weight excluding hydrogens is 368 g/mol. The number of fused-ring (bicyclic) bond motifs is 1. The average molecular weight is 403 g/mol. The number of carbonyl (C=O) groups is 1. The van der Waals surface area contributed by atoms with Crippen molar-refractivity contribution in [2.75, 3.05) is 13.6 Å². The molecule has 1 aliphatic heterocycles. The summed E-state index contributed by atoms with van der Waals surface area (Å²) < 4.78 is 15.1. The molecule has 29 heavy (non-hydrogen) atoms. The molecule has 1 aromatic heterocycles. The van der Waals surface area contributed by atoms with Gasteiger partial charge in [0.1, 0.15) is 6.10 Å². The molecule has 2 aliphatic carbocycles. The Balaban J connectivity index is 1.44. The molecule has 0 radical (unpaired) electrons. The van der Waals surface area contributed by atoms with E-state index >= 15 is 0 Å². The second kappa shape index (κ2) is 7.25. The third kappa shape index (κ3) is 3.66. The summed E-state index contributed by atoms with van der Waals surface area (Å²) >= 11 is 0. The highest BCUT2D eigenvalue weighted by Gasteiger charge is 2.61. The molecule has 3 aliphatic rings. The van der Waals surface area contributed by atoms with E-state index in [1.165, 1.54) is 0 Å². The average Bonchev–Trinajstić information content (AvgIpc) is 3.17. The summed E-state index contributed by atoms with van der Waals surface area (Å²) in [7, 11) is 2.19. The highest BCUT2D eigenvalue weighted by Crippen LogP contribution is 2.52. The van der Waals surface area contributed by atoms with Crippen molar-refractivity contribution in [2.45, 2.75) is 76.0 Å². The van der Waals surface area contributed by atoms with Crippen molar-refractivity contribution in [1.82, 2.24) is 9.47 Å². The van der Waals surface area contributed by atoms with Crippen molar-refractivity contribution < 1.29 is 19.4 Å². The van der Waals surface area contributed by atoms with Crippen LogP contribution in [0.5, 0.6) is 0 Å². The van der Waals surface area contributed by atoms with Crippen LogP contribution in [0.25, 0.3) is 13.2 Å².